The van der Waals surface area contributed by atoms with Gasteiger partial charge in [0.2, 0.25) is 16.8 Å². The Morgan fingerprint density at radius 3 is 2.69 bits per heavy atom. The number of hydrogen-bond acceptors (Lipinski definition) is 5. The number of aromatic nitrogens is 3. The smallest absolute Gasteiger partial charge is 0.250 e. The van der Waals surface area contributed by atoms with Crippen molar-refractivity contribution in [3.8, 4) is 17.0 Å². The lowest BCUT2D eigenvalue weighted by atomic mass is 9.79. The van der Waals surface area contributed by atoms with Gasteiger partial charge in [-0.05, 0) is 55.9 Å². The van der Waals surface area contributed by atoms with Gasteiger partial charge in [0.1, 0.15) is 5.75 Å². The number of anilines is 1. The minimum Gasteiger partial charge on any atom is -0.497 e. The number of carbonyl (C=O) groups is 1. The maximum atomic E-state index is 12.7. The van der Waals surface area contributed by atoms with Gasteiger partial charge in [-0.2, -0.15) is 4.98 Å². The van der Waals surface area contributed by atoms with Gasteiger partial charge in [0, 0.05) is 16.9 Å². The number of rotatable bonds is 7. The summed E-state index contributed by atoms with van der Waals surface area (Å²) in [6.45, 7) is 2.24. The Labute approximate surface area is 175 Å². The fraction of sp³-hybridized carbons (Fsp3) is 0.500. The molecule has 4 rings (SSSR count). The van der Waals surface area contributed by atoms with Gasteiger partial charge in [-0.25, -0.2) is 4.52 Å². The summed E-state index contributed by atoms with van der Waals surface area (Å²) in [5.74, 6) is 2.14. The van der Waals surface area contributed by atoms with Crippen molar-refractivity contribution in [1.82, 2.24) is 14.6 Å². The van der Waals surface area contributed by atoms with E-state index in [1.165, 1.54) is 30.6 Å². The molecule has 2 aromatic heterocycles. The molecule has 29 heavy (non-hydrogen) atoms. The zero-order chi connectivity index (χ0) is 20.2. The number of hydrogen-bond donors (Lipinski definition) is 1. The highest BCUT2D eigenvalue weighted by Gasteiger charge is 2.27. The highest BCUT2D eigenvalue weighted by atomic mass is 32.1. The molecule has 154 valence electrons. The molecule has 1 N–H and O–H groups in total. The van der Waals surface area contributed by atoms with Crippen LogP contribution in [0.15, 0.2) is 29.6 Å². The van der Waals surface area contributed by atoms with Crippen LogP contribution in [0, 0.1) is 11.8 Å². The van der Waals surface area contributed by atoms with E-state index in [2.05, 4.69) is 22.3 Å². The van der Waals surface area contributed by atoms with Gasteiger partial charge in [0.25, 0.3) is 0 Å². The summed E-state index contributed by atoms with van der Waals surface area (Å²) in [4.78, 5) is 18.0. The molecule has 1 aliphatic carbocycles. The van der Waals surface area contributed by atoms with E-state index >= 15 is 0 Å². The van der Waals surface area contributed by atoms with E-state index in [1.807, 2.05) is 29.6 Å². The second-order valence-corrected chi connectivity index (χ2v) is 8.66. The Morgan fingerprint density at radius 2 is 2.00 bits per heavy atom. The van der Waals surface area contributed by atoms with Crippen molar-refractivity contribution in [3.63, 3.8) is 0 Å². The first-order valence-electron chi connectivity index (χ1n) is 10.5. The molecule has 1 saturated carbocycles. The molecule has 0 aliphatic heterocycles. The van der Waals surface area contributed by atoms with Crippen molar-refractivity contribution in [3.05, 3.63) is 29.6 Å². The van der Waals surface area contributed by atoms with Gasteiger partial charge in [0.05, 0.1) is 12.8 Å². The second kappa shape index (κ2) is 8.95. The standard InChI is InChI=1S/C22H28N4O2S/c1-3-4-5-15-6-8-17(9-7-15)20(27)23-21-24-22-26(25-21)19(14-29-22)16-10-12-18(28-2)13-11-16/h10-15,17H,3-9H2,1-2H3,(H,23,25,27). The topological polar surface area (TPSA) is 68.5 Å². The fourth-order valence-corrected chi connectivity index (χ4v) is 4.94. The molecule has 0 bridgehead atoms. The van der Waals surface area contributed by atoms with E-state index < -0.39 is 0 Å². The molecule has 6 nitrogen and oxygen atoms in total. The summed E-state index contributed by atoms with van der Waals surface area (Å²) < 4.78 is 7.02. The van der Waals surface area contributed by atoms with Gasteiger partial charge in [0.15, 0.2) is 0 Å². The summed E-state index contributed by atoms with van der Waals surface area (Å²) in [6.07, 6.45) is 8.11. The Morgan fingerprint density at radius 1 is 1.24 bits per heavy atom. The number of amides is 1. The molecular formula is C22H28N4O2S. The first-order valence-corrected chi connectivity index (χ1v) is 11.4. The minimum atomic E-state index is 0.0585. The van der Waals surface area contributed by atoms with Gasteiger partial charge in [-0.15, -0.1) is 16.4 Å². The Kier molecular flexibility index (Phi) is 6.13. The molecule has 0 radical (unpaired) electrons. The molecule has 1 aliphatic rings. The number of ether oxygens (including phenoxy) is 1. The zero-order valence-electron chi connectivity index (χ0n) is 17.1. The molecule has 0 saturated heterocycles. The van der Waals surface area contributed by atoms with Gasteiger partial charge >= 0.3 is 0 Å². The van der Waals surface area contributed by atoms with E-state index in [0.717, 1.165) is 53.6 Å². The summed E-state index contributed by atoms with van der Waals surface area (Å²) in [6, 6.07) is 7.85. The highest BCUT2D eigenvalue weighted by Crippen LogP contribution is 2.33. The second-order valence-electron chi connectivity index (χ2n) is 7.83. The number of nitrogens with zero attached hydrogens (tertiary/aromatic N) is 3. The number of nitrogens with one attached hydrogen (secondary N) is 1. The van der Waals surface area contributed by atoms with Crippen LogP contribution in [-0.4, -0.2) is 27.6 Å². The summed E-state index contributed by atoms with van der Waals surface area (Å²) in [5.41, 5.74) is 1.99. The van der Waals surface area contributed by atoms with Crippen molar-refractivity contribution in [2.75, 3.05) is 12.4 Å². The number of benzene rings is 1. The van der Waals surface area contributed by atoms with E-state index in [-0.39, 0.29) is 11.8 Å². The van der Waals surface area contributed by atoms with Crippen LogP contribution in [0.2, 0.25) is 0 Å². The van der Waals surface area contributed by atoms with Crippen molar-refractivity contribution in [2.24, 2.45) is 11.8 Å². The summed E-state index contributed by atoms with van der Waals surface area (Å²) in [5, 5.41) is 9.51. The largest absolute Gasteiger partial charge is 0.497 e. The lowest BCUT2D eigenvalue weighted by molar-refractivity contribution is -0.121. The van der Waals surface area contributed by atoms with Crippen LogP contribution in [-0.2, 0) is 4.79 Å². The Balaban J connectivity index is 1.41. The average molecular weight is 413 g/mol. The fourth-order valence-electron chi connectivity index (χ4n) is 4.11. The van der Waals surface area contributed by atoms with Gasteiger partial charge < -0.3 is 4.74 Å². The first-order chi connectivity index (χ1) is 14.2. The molecule has 1 fully saturated rings. The molecule has 0 atom stereocenters. The van der Waals surface area contributed by atoms with Crippen LogP contribution < -0.4 is 10.1 Å². The summed E-state index contributed by atoms with van der Waals surface area (Å²) >= 11 is 1.52. The van der Waals surface area contributed by atoms with Crippen molar-refractivity contribution in [1.29, 1.82) is 0 Å². The van der Waals surface area contributed by atoms with E-state index in [0.29, 0.717) is 5.95 Å². The van der Waals surface area contributed by atoms with E-state index in [9.17, 15) is 4.79 Å². The zero-order valence-corrected chi connectivity index (χ0v) is 17.9. The molecule has 7 heteroatoms. The molecule has 0 spiro atoms. The Bertz CT molecular complexity index is 955. The van der Waals surface area contributed by atoms with E-state index in [4.69, 9.17) is 4.74 Å². The van der Waals surface area contributed by atoms with Gasteiger partial charge in [-0.3, -0.25) is 10.1 Å². The lowest BCUT2D eigenvalue weighted by Crippen LogP contribution is -2.27. The number of carbonyl (C=O) groups excluding carboxylic acids is 1. The first kappa shape index (κ1) is 19.9. The predicted molar refractivity (Wildman–Crippen MR) is 116 cm³/mol. The van der Waals surface area contributed by atoms with Crippen molar-refractivity contribution in [2.45, 2.75) is 51.9 Å². The van der Waals surface area contributed by atoms with Crippen molar-refractivity contribution < 1.29 is 9.53 Å². The monoisotopic (exact) mass is 412 g/mol. The number of unbranched alkanes of at least 4 members (excludes halogenated alkanes) is 1. The molecule has 1 amide bonds. The van der Waals surface area contributed by atoms with Crippen LogP contribution in [0.1, 0.15) is 51.9 Å². The third kappa shape index (κ3) is 4.45. The molecular weight excluding hydrogens is 384 g/mol. The predicted octanol–water partition coefficient (Wildman–Crippen LogP) is 5.40. The van der Waals surface area contributed by atoms with Crippen LogP contribution in [0.4, 0.5) is 5.95 Å². The summed E-state index contributed by atoms with van der Waals surface area (Å²) in [7, 11) is 1.65. The third-order valence-corrected chi connectivity index (χ3v) is 6.70. The van der Waals surface area contributed by atoms with Crippen LogP contribution in [0.3, 0.4) is 0 Å². The van der Waals surface area contributed by atoms with E-state index in [1.54, 1.807) is 11.6 Å². The normalized spacial score (nSPS) is 19.4. The van der Waals surface area contributed by atoms with Crippen LogP contribution >= 0.6 is 11.3 Å². The number of methoxy groups -OCH3 is 1. The highest BCUT2D eigenvalue weighted by molar-refractivity contribution is 7.15. The number of thiazole rings is 1. The Hall–Kier alpha value is -2.41. The quantitative estimate of drug-likeness (QED) is 0.564. The number of fused-ring (bicyclic) bond motifs is 1. The SMILES string of the molecule is CCCCC1CCC(C(=O)Nc2nc3scc(-c4ccc(OC)cc4)n3n2)CC1. The lowest BCUT2D eigenvalue weighted by Gasteiger charge is -2.27. The minimum absolute atomic E-state index is 0.0585. The molecule has 1 aromatic carbocycles. The molecule has 0 unspecified atom stereocenters. The maximum Gasteiger partial charge on any atom is 0.250 e. The third-order valence-electron chi connectivity index (χ3n) is 5.89. The van der Waals surface area contributed by atoms with Gasteiger partial charge in [-0.1, -0.05) is 26.2 Å². The molecule has 2 heterocycles. The average Bonchev–Trinajstić information content (AvgIpc) is 3.33. The van der Waals surface area contributed by atoms with Crippen LogP contribution in [0.25, 0.3) is 16.2 Å². The molecule has 3 aromatic rings. The van der Waals surface area contributed by atoms with Crippen molar-refractivity contribution >= 4 is 28.2 Å². The van der Waals surface area contributed by atoms with Crippen LogP contribution in [0.5, 0.6) is 5.75 Å². The maximum absolute atomic E-state index is 12.7.